The Morgan fingerprint density at radius 2 is 2.30 bits per heavy atom. The molecule has 1 saturated heterocycles. The molecule has 1 atom stereocenters. The largest absolute Gasteiger partial charge is 0.316 e. The molecule has 0 bridgehead atoms. The van der Waals surface area contributed by atoms with Crippen LogP contribution in [0.1, 0.15) is 23.0 Å². The van der Waals surface area contributed by atoms with Crippen molar-refractivity contribution in [1.29, 1.82) is 0 Å². The van der Waals surface area contributed by atoms with Crippen LogP contribution in [-0.2, 0) is 0 Å². The lowest BCUT2D eigenvalue weighted by Crippen LogP contribution is -2.11. The van der Waals surface area contributed by atoms with Crippen LogP contribution < -0.4 is 5.32 Å². The fraction of sp³-hybridized carbons (Fsp3) is 0.333. The van der Waals surface area contributed by atoms with Gasteiger partial charge in [-0.25, -0.2) is 9.97 Å². The van der Waals surface area contributed by atoms with Crippen molar-refractivity contribution in [3.8, 4) is 5.00 Å². The predicted molar refractivity (Wildman–Crippen MR) is 81.7 cm³/mol. The third-order valence-corrected chi connectivity index (χ3v) is 4.80. The fourth-order valence-electron chi connectivity index (χ4n) is 2.84. The smallest absolute Gasteiger partial charge is 0.165 e. The van der Waals surface area contributed by atoms with E-state index in [1.165, 1.54) is 9.88 Å². The van der Waals surface area contributed by atoms with E-state index in [0.29, 0.717) is 5.92 Å². The Balaban J connectivity index is 1.97. The van der Waals surface area contributed by atoms with E-state index in [1.54, 1.807) is 11.3 Å². The first-order valence-corrected chi connectivity index (χ1v) is 7.75. The van der Waals surface area contributed by atoms with Gasteiger partial charge in [0.2, 0.25) is 0 Å². The van der Waals surface area contributed by atoms with Crippen LogP contribution in [-0.4, -0.2) is 27.6 Å². The summed E-state index contributed by atoms with van der Waals surface area (Å²) < 4.78 is 2.24. The van der Waals surface area contributed by atoms with Crippen LogP contribution in [0.5, 0.6) is 0 Å². The SMILES string of the molecule is Cc1ccc(-n2c(C3CCNC3)nc3cccnc32)s1. The number of imidazole rings is 1. The minimum absolute atomic E-state index is 0.478. The van der Waals surface area contributed by atoms with Crippen molar-refractivity contribution >= 4 is 22.5 Å². The third-order valence-electron chi connectivity index (χ3n) is 3.81. The highest BCUT2D eigenvalue weighted by molar-refractivity contribution is 7.14. The minimum Gasteiger partial charge on any atom is -0.316 e. The number of nitrogens with zero attached hydrogens (tertiary/aromatic N) is 3. The molecule has 0 saturated carbocycles. The topological polar surface area (TPSA) is 42.7 Å². The quantitative estimate of drug-likeness (QED) is 0.787. The average molecular weight is 284 g/mol. The molecule has 1 fully saturated rings. The maximum Gasteiger partial charge on any atom is 0.165 e. The molecule has 0 radical (unpaired) electrons. The molecule has 0 spiro atoms. The third kappa shape index (κ3) is 1.85. The molecule has 4 rings (SSSR count). The van der Waals surface area contributed by atoms with Crippen LogP contribution in [0.2, 0.25) is 0 Å². The molecule has 20 heavy (non-hydrogen) atoms. The van der Waals surface area contributed by atoms with Gasteiger partial charge in [0.25, 0.3) is 0 Å². The number of aryl methyl sites for hydroxylation is 1. The van der Waals surface area contributed by atoms with Crippen molar-refractivity contribution in [2.24, 2.45) is 0 Å². The molecule has 0 amide bonds. The summed E-state index contributed by atoms with van der Waals surface area (Å²) in [7, 11) is 0. The van der Waals surface area contributed by atoms with Crippen molar-refractivity contribution in [3.05, 3.63) is 41.2 Å². The normalized spacial score (nSPS) is 18.9. The molecule has 3 aromatic heterocycles. The van der Waals surface area contributed by atoms with Crippen LogP contribution in [0.15, 0.2) is 30.5 Å². The first-order valence-electron chi connectivity index (χ1n) is 6.94. The molecule has 1 N–H and O–H groups in total. The van der Waals surface area contributed by atoms with Gasteiger partial charge in [-0.1, -0.05) is 0 Å². The van der Waals surface area contributed by atoms with E-state index in [0.717, 1.165) is 36.5 Å². The zero-order chi connectivity index (χ0) is 13.5. The van der Waals surface area contributed by atoms with Gasteiger partial charge in [-0.2, -0.15) is 0 Å². The van der Waals surface area contributed by atoms with E-state index in [9.17, 15) is 0 Å². The van der Waals surface area contributed by atoms with Gasteiger partial charge in [0.1, 0.15) is 16.3 Å². The first kappa shape index (κ1) is 12.1. The Morgan fingerprint density at radius 3 is 3.05 bits per heavy atom. The summed E-state index contributed by atoms with van der Waals surface area (Å²) in [4.78, 5) is 10.7. The molecule has 1 aliphatic heterocycles. The number of nitrogens with one attached hydrogen (secondary N) is 1. The summed E-state index contributed by atoms with van der Waals surface area (Å²) in [5.41, 5.74) is 1.96. The summed E-state index contributed by atoms with van der Waals surface area (Å²) in [6.45, 7) is 4.22. The van der Waals surface area contributed by atoms with Gasteiger partial charge in [-0.3, -0.25) is 4.57 Å². The Labute approximate surface area is 121 Å². The lowest BCUT2D eigenvalue weighted by Gasteiger charge is -2.10. The van der Waals surface area contributed by atoms with Crippen LogP contribution in [0.4, 0.5) is 0 Å². The number of aromatic nitrogens is 3. The molecule has 5 heteroatoms. The molecular formula is C15H16N4S. The number of thiophene rings is 1. The highest BCUT2D eigenvalue weighted by Crippen LogP contribution is 2.31. The van der Waals surface area contributed by atoms with Crippen LogP contribution >= 0.6 is 11.3 Å². The fourth-order valence-corrected chi connectivity index (χ4v) is 3.71. The van der Waals surface area contributed by atoms with Gasteiger partial charge in [0.15, 0.2) is 5.65 Å². The number of pyridine rings is 1. The molecule has 0 aromatic carbocycles. The number of hydrogen-bond donors (Lipinski definition) is 1. The highest BCUT2D eigenvalue weighted by Gasteiger charge is 2.25. The van der Waals surface area contributed by atoms with Crippen LogP contribution in [0, 0.1) is 6.92 Å². The second-order valence-electron chi connectivity index (χ2n) is 5.23. The summed E-state index contributed by atoms with van der Waals surface area (Å²) in [5, 5.41) is 4.64. The van der Waals surface area contributed by atoms with Gasteiger partial charge in [0.05, 0.1) is 0 Å². The van der Waals surface area contributed by atoms with E-state index in [-0.39, 0.29) is 0 Å². The summed E-state index contributed by atoms with van der Waals surface area (Å²) in [5.74, 6) is 1.62. The summed E-state index contributed by atoms with van der Waals surface area (Å²) in [6, 6.07) is 8.33. The monoisotopic (exact) mass is 284 g/mol. The molecule has 1 aliphatic rings. The van der Waals surface area contributed by atoms with Gasteiger partial charge in [-0.15, -0.1) is 11.3 Å². The Kier molecular flexibility index (Phi) is 2.82. The minimum atomic E-state index is 0.478. The van der Waals surface area contributed by atoms with Gasteiger partial charge >= 0.3 is 0 Å². The molecule has 4 nitrogen and oxygen atoms in total. The standard InChI is InChI=1S/C15H16N4S/c1-10-4-5-13(20-10)19-14(11-6-8-16-9-11)18-12-3-2-7-17-15(12)19/h2-5,7,11,16H,6,8-9H2,1H3. The van der Waals surface area contributed by atoms with Gasteiger partial charge in [0, 0.05) is 23.5 Å². The van der Waals surface area contributed by atoms with Crippen molar-refractivity contribution < 1.29 is 0 Å². The zero-order valence-corrected chi connectivity index (χ0v) is 12.2. The lowest BCUT2D eigenvalue weighted by molar-refractivity contribution is 0.693. The van der Waals surface area contributed by atoms with Crippen molar-refractivity contribution in [1.82, 2.24) is 19.9 Å². The second kappa shape index (κ2) is 4.68. The van der Waals surface area contributed by atoms with Crippen LogP contribution in [0.3, 0.4) is 0 Å². The molecule has 4 heterocycles. The van der Waals surface area contributed by atoms with E-state index < -0.39 is 0 Å². The second-order valence-corrected chi connectivity index (χ2v) is 6.49. The maximum atomic E-state index is 4.85. The number of fused-ring (bicyclic) bond motifs is 1. The average Bonchev–Trinajstić information content (AvgIpc) is 3.16. The highest BCUT2D eigenvalue weighted by atomic mass is 32.1. The Morgan fingerprint density at radius 1 is 1.35 bits per heavy atom. The van der Waals surface area contributed by atoms with E-state index in [2.05, 4.69) is 33.9 Å². The molecule has 1 unspecified atom stereocenters. The number of rotatable bonds is 2. The summed E-state index contributed by atoms with van der Waals surface area (Å²) >= 11 is 1.80. The Bertz CT molecular complexity index is 752. The van der Waals surface area contributed by atoms with E-state index in [1.807, 2.05) is 18.3 Å². The number of hydrogen-bond acceptors (Lipinski definition) is 4. The maximum absolute atomic E-state index is 4.85. The lowest BCUT2D eigenvalue weighted by atomic mass is 10.1. The van der Waals surface area contributed by atoms with Gasteiger partial charge in [-0.05, 0) is 44.2 Å². The van der Waals surface area contributed by atoms with Crippen molar-refractivity contribution in [2.45, 2.75) is 19.3 Å². The Hall–Kier alpha value is -1.72. The first-order chi connectivity index (χ1) is 9.83. The van der Waals surface area contributed by atoms with E-state index >= 15 is 0 Å². The van der Waals surface area contributed by atoms with Gasteiger partial charge < -0.3 is 5.32 Å². The summed E-state index contributed by atoms with van der Waals surface area (Å²) in [6.07, 6.45) is 2.99. The van der Waals surface area contributed by atoms with Crippen LogP contribution in [0.25, 0.3) is 16.2 Å². The van der Waals surface area contributed by atoms with Crippen molar-refractivity contribution in [3.63, 3.8) is 0 Å². The predicted octanol–water partition coefficient (Wildman–Crippen LogP) is 2.87. The van der Waals surface area contributed by atoms with Crippen molar-refractivity contribution in [2.75, 3.05) is 13.1 Å². The zero-order valence-electron chi connectivity index (χ0n) is 11.3. The molecule has 102 valence electrons. The van der Waals surface area contributed by atoms with E-state index in [4.69, 9.17) is 4.98 Å². The molecule has 0 aliphatic carbocycles. The molecular weight excluding hydrogens is 268 g/mol. The molecule has 3 aromatic rings.